The molecule has 3 aromatic rings. The van der Waals surface area contributed by atoms with E-state index >= 15 is 0 Å². The third-order valence-corrected chi connectivity index (χ3v) is 3.70. The van der Waals surface area contributed by atoms with E-state index in [-0.39, 0.29) is 5.78 Å². The lowest BCUT2D eigenvalue weighted by Gasteiger charge is -2.08. The van der Waals surface area contributed by atoms with Crippen molar-refractivity contribution in [1.29, 1.82) is 0 Å². The number of nitrogens with zero attached hydrogens (tertiary/aromatic N) is 2. The van der Waals surface area contributed by atoms with Gasteiger partial charge in [-0.15, -0.1) is 0 Å². The fourth-order valence-corrected chi connectivity index (χ4v) is 2.60. The Bertz CT molecular complexity index is 899. The van der Waals surface area contributed by atoms with Crippen molar-refractivity contribution in [3.8, 4) is 5.88 Å². The zero-order valence-corrected chi connectivity index (χ0v) is 12.2. The molecule has 0 radical (unpaired) electrons. The molecule has 1 aromatic carbocycles. The number of carbonyl (C=O) groups excluding carboxylic acids is 1. The summed E-state index contributed by atoms with van der Waals surface area (Å²) < 4.78 is 5.88. The quantitative estimate of drug-likeness (QED) is 0.771. The molecule has 0 spiro atoms. The number of hydrogen-bond donors (Lipinski definition) is 2. The summed E-state index contributed by atoms with van der Waals surface area (Å²) in [5.41, 5.74) is 3.35. The van der Waals surface area contributed by atoms with Gasteiger partial charge in [0.15, 0.2) is 5.78 Å². The second-order valence-corrected chi connectivity index (χ2v) is 5.26. The number of aromatic nitrogens is 3. The van der Waals surface area contributed by atoms with E-state index in [2.05, 4.69) is 20.3 Å². The van der Waals surface area contributed by atoms with Crippen LogP contribution in [0.15, 0.2) is 48.9 Å². The Morgan fingerprint density at radius 2 is 2.04 bits per heavy atom. The van der Waals surface area contributed by atoms with Crippen molar-refractivity contribution in [2.75, 3.05) is 6.54 Å². The number of ether oxygens (including phenoxy) is 1. The van der Waals surface area contributed by atoms with Gasteiger partial charge in [-0.2, -0.15) is 0 Å². The second kappa shape index (κ2) is 5.57. The summed E-state index contributed by atoms with van der Waals surface area (Å²) >= 11 is 0. The zero-order chi connectivity index (χ0) is 15.6. The molecule has 0 amide bonds. The number of fused-ring (bicyclic) bond motifs is 1. The normalized spacial score (nSPS) is 13.9. The van der Waals surface area contributed by atoms with E-state index in [0.29, 0.717) is 24.7 Å². The van der Waals surface area contributed by atoms with Gasteiger partial charge < -0.3 is 15.0 Å². The van der Waals surface area contributed by atoms with Crippen molar-refractivity contribution >= 4 is 22.5 Å². The van der Waals surface area contributed by atoms with Crippen molar-refractivity contribution in [3.63, 3.8) is 0 Å². The predicted molar refractivity (Wildman–Crippen MR) is 85.6 cm³/mol. The Hall–Kier alpha value is -3.15. The fraction of sp³-hybridized carbons (Fsp3) is 0.118. The summed E-state index contributed by atoms with van der Waals surface area (Å²) in [7, 11) is 0. The van der Waals surface area contributed by atoms with Gasteiger partial charge in [-0.3, -0.25) is 4.79 Å². The van der Waals surface area contributed by atoms with Gasteiger partial charge in [-0.25, -0.2) is 9.97 Å². The molecule has 23 heavy (non-hydrogen) atoms. The van der Waals surface area contributed by atoms with Crippen LogP contribution in [-0.4, -0.2) is 27.3 Å². The first-order valence-corrected chi connectivity index (χ1v) is 7.29. The summed E-state index contributed by atoms with van der Waals surface area (Å²) in [6.07, 6.45) is 4.87. The molecule has 0 aliphatic carbocycles. The van der Waals surface area contributed by atoms with Crippen LogP contribution in [0.1, 0.15) is 11.1 Å². The number of rotatable bonds is 4. The van der Waals surface area contributed by atoms with Gasteiger partial charge in [0, 0.05) is 23.5 Å². The molecule has 0 saturated carbocycles. The Labute approximate surface area is 132 Å². The number of nitrogens with one attached hydrogen (secondary N) is 2. The molecule has 1 aliphatic rings. The first-order chi connectivity index (χ1) is 11.3. The minimum absolute atomic E-state index is 0.0537. The molecule has 0 atom stereocenters. The smallest absolute Gasteiger partial charge is 0.227 e. The molecule has 4 rings (SSSR count). The highest BCUT2D eigenvalue weighted by Crippen LogP contribution is 2.30. The minimum atomic E-state index is 0.0537. The van der Waals surface area contributed by atoms with Crippen molar-refractivity contribution in [2.24, 2.45) is 0 Å². The molecule has 114 valence electrons. The van der Waals surface area contributed by atoms with Crippen molar-refractivity contribution in [1.82, 2.24) is 20.3 Å². The standard InChI is InChI=1S/C17H14N4O2/c22-12-6-14(18-7-12)13-8-19-16-15(13)17(21-10-20-16)23-9-11-4-2-1-3-5-11/h1-6,8,10,18H,7,9H2,(H,19,20,21). The first-order valence-electron chi connectivity index (χ1n) is 7.29. The van der Waals surface area contributed by atoms with Gasteiger partial charge in [0.1, 0.15) is 18.6 Å². The van der Waals surface area contributed by atoms with Crippen molar-refractivity contribution in [2.45, 2.75) is 6.61 Å². The van der Waals surface area contributed by atoms with Crippen LogP contribution in [0.2, 0.25) is 0 Å². The highest BCUT2D eigenvalue weighted by molar-refractivity contribution is 6.06. The lowest BCUT2D eigenvalue weighted by molar-refractivity contribution is -0.113. The highest BCUT2D eigenvalue weighted by atomic mass is 16.5. The number of ketones is 1. The van der Waals surface area contributed by atoms with Gasteiger partial charge in [0.2, 0.25) is 5.88 Å². The fourth-order valence-electron chi connectivity index (χ4n) is 2.60. The topological polar surface area (TPSA) is 79.9 Å². The van der Waals surface area contributed by atoms with E-state index < -0.39 is 0 Å². The predicted octanol–water partition coefficient (Wildman–Crippen LogP) is 2.05. The molecule has 2 aromatic heterocycles. The third-order valence-electron chi connectivity index (χ3n) is 3.70. The highest BCUT2D eigenvalue weighted by Gasteiger charge is 2.19. The molecule has 0 unspecified atom stereocenters. The molecular formula is C17H14N4O2. The Morgan fingerprint density at radius 3 is 2.83 bits per heavy atom. The Balaban J connectivity index is 1.70. The molecule has 0 bridgehead atoms. The van der Waals surface area contributed by atoms with Gasteiger partial charge in [0.05, 0.1) is 11.9 Å². The van der Waals surface area contributed by atoms with Crippen LogP contribution in [0.5, 0.6) is 5.88 Å². The van der Waals surface area contributed by atoms with E-state index in [0.717, 1.165) is 22.2 Å². The Kier molecular flexibility index (Phi) is 3.27. The molecular weight excluding hydrogens is 292 g/mol. The van der Waals surface area contributed by atoms with E-state index in [4.69, 9.17) is 4.74 Å². The Morgan fingerprint density at radius 1 is 1.17 bits per heavy atom. The first kappa shape index (κ1) is 13.5. The number of H-pyrrole nitrogens is 1. The maximum Gasteiger partial charge on any atom is 0.227 e. The average molecular weight is 306 g/mol. The van der Waals surface area contributed by atoms with Gasteiger partial charge in [0.25, 0.3) is 0 Å². The van der Waals surface area contributed by atoms with E-state index in [1.807, 2.05) is 36.5 Å². The summed E-state index contributed by atoms with van der Waals surface area (Å²) in [6.45, 7) is 0.735. The molecule has 0 fully saturated rings. The lowest BCUT2D eigenvalue weighted by atomic mass is 10.2. The monoisotopic (exact) mass is 306 g/mol. The summed E-state index contributed by atoms with van der Waals surface area (Å²) in [5, 5.41) is 3.86. The van der Waals surface area contributed by atoms with Crippen molar-refractivity contribution in [3.05, 3.63) is 60.1 Å². The van der Waals surface area contributed by atoms with Crippen LogP contribution in [0, 0.1) is 0 Å². The van der Waals surface area contributed by atoms with Crippen LogP contribution >= 0.6 is 0 Å². The number of aromatic amines is 1. The summed E-state index contributed by atoms with van der Waals surface area (Å²) in [5.74, 6) is 0.551. The van der Waals surface area contributed by atoms with Crippen molar-refractivity contribution < 1.29 is 9.53 Å². The van der Waals surface area contributed by atoms with E-state index in [9.17, 15) is 4.79 Å². The van der Waals surface area contributed by atoms with Gasteiger partial charge in [-0.1, -0.05) is 30.3 Å². The largest absolute Gasteiger partial charge is 0.472 e. The van der Waals surface area contributed by atoms with Crippen LogP contribution in [0.25, 0.3) is 16.7 Å². The second-order valence-electron chi connectivity index (χ2n) is 5.26. The van der Waals surface area contributed by atoms with Crippen LogP contribution < -0.4 is 10.1 Å². The molecule has 6 nitrogen and oxygen atoms in total. The molecule has 2 N–H and O–H groups in total. The van der Waals surface area contributed by atoms with Crippen LogP contribution in [0.3, 0.4) is 0 Å². The summed E-state index contributed by atoms with van der Waals surface area (Å²) in [6, 6.07) is 9.89. The van der Waals surface area contributed by atoms with Gasteiger partial charge >= 0.3 is 0 Å². The van der Waals surface area contributed by atoms with E-state index in [1.54, 1.807) is 6.08 Å². The summed E-state index contributed by atoms with van der Waals surface area (Å²) in [4.78, 5) is 23.0. The average Bonchev–Trinajstić information content (AvgIpc) is 3.20. The van der Waals surface area contributed by atoms with Gasteiger partial charge in [-0.05, 0) is 5.56 Å². The molecule has 0 saturated heterocycles. The lowest BCUT2D eigenvalue weighted by Crippen LogP contribution is -2.10. The third kappa shape index (κ3) is 2.55. The number of carbonyl (C=O) groups is 1. The maximum absolute atomic E-state index is 11.5. The SMILES string of the molecule is O=C1C=C(c2c[nH]c3ncnc(OCc4ccccc4)c23)NC1. The van der Waals surface area contributed by atoms with Crippen LogP contribution in [0.4, 0.5) is 0 Å². The minimum Gasteiger partial charge on any atom is -0.472 e. The molecule has 1 aliphatic heterocycles. The molecule has 3 heterocycles. The number of hydrogen-bond acceptors (Lipinski definition) is 5. The molecule has 6 heteroatoms. The zero-order valence-electron chi connectivity index (χ0n) is 12.2. The number of benzene rings is 1. The maximum atomic E-state index is 11.5. The van der Waals surface area contributed by atoms with Crippen LogP contribution in [-0.2, 0) is 11.4 Å². The van der Waals surface area contributed by atoms with E-state index in [1.165, 1.54) is 6.33 Å².